The molecule has 0 spiro atoms. The number of ether oxygens (including phenoxy) is 5. The average molecular weight is 974 g/mol. The summed E-state index contributed by atoms with van der Waals surface area (Å²) in [4.78, 5) is 72.5. The van der Waals surface area contributed by atoms with Crippen LogP contribution in [0.4, 0.5) is 0 Å². The molecule has 0 aromatic carbocycles. The number of carbonyl (C=O) groups is 5. The van der Waals surface area contributed by atoms with Gasteiger partial charge in [0, 0.05) is 77.7 Å². The molecule has 2 N–H and O–H groups in total. The summed E-state index contributed by atoms with van der Waals surface area (Å²) in [6.07, 6.45) is 11.0. The SMILES string of the molecule is COC1CC2CCC(C)C(O)(O2)C(=O)C(=O)N2CCCC3C2C(=O)O[C@@H](CC(=O)[C@H](C)/C=C(\C)C(O)[C@@H](OC)C(=O)C(C)C[C@H](C)/C=C/C=C/C=C1C)[C@H]3CC1CC[C@@H](OP(C)(C)=O)C(OC)C1. The predicted molar refractivity (Wildman–Crippen MR) is 257 cm³/mol. The Morgan fingerprint density at radius 1 is 0.853 bits per heavy atom. The maximum absolute atomic E-state index is 14.5. The molecule has 68 heavy (non-hydrogen) atoms. The van der Waals surface area contributed by atoms with Crippen LogP contribution < -0.4 is 0 Å². The van der Waals surface area contributed by atoms with E-state index in [9.17, 15) is 38.8 Å². The van der Waals surface area contributed by atoms with Crippen molar-refractivity contribution in [2.24, 2.45) is 41.4 Å². The Morgan fingerprint density at radius 3 is 2.24 bits per heavy atom. The van der Waals surface area contributed by atoms with Crippen LogP contribution in [0.2, 0.25) is 0 Å². The number of ketones is 3. The molecule has 4 fully saturated rings. The van der Waals surface area contributed by atoms with E-state index in [1.165, 1.54) is 12.0 Å². The molecule has 4 heterocycles. The maximum atomic E-state index is 14.5. The van der Waals surface area contributed by atoms with Gasteiger partial charge in [-0.25, -0.2) is 4.79 Å². The van der Waals surface area contributed by atoms with Gasteiger partial charge in [-0.15, -0.1) is 0 Å². The number of Topliss-reactive ketones (excluding diaryl/α,β-unsaturated/α-hetero) is 3. The van der Waals surface area contributed by atoms with Gasteiger partial charge in [-0.05, 0) is 101 Å². The normalized spacial score (nSPS) is 40.8. The number of esters is 1. The van der Waals surface area contributed by atoms with Crippen molar-refractivity contribution in [1.29, 1.82) is 0 Å². The molecule has 5 rings (SSSR count). The number of allylic oxidation sites excluding steroid dienone is 6. The molecule has 0 aromatic rings. The Hall–Kier alpha value is -3.14. The lowest BCUT2D eigenvalue weighted by Crippen LogP contribution is -2.65. The molecule has 1 amide bonds. The number of hydrogen-bond acceptors (Lipinski definition) is 14. The molecule has 15 nitrogen and oxygen atoms in total. The number of aliphatic hydroxyl groups excluding tert-OH is 1. The van der Waals surface area contributed by atoms with Crippen LogP contribution in [0.1, 0.15) is 112 Å². The van der Waals surface area contributed by atoms with Crippen molar-refractivity contribution in [2.75, 3.05) is 41.2 Å². The van der Waals surface area contributed by atoms with Gasteiger partial charge in [-0.2, -0.15) is 0 Å². The number of hydrogen-bond donors (Lipinski definition) is 2. The van der Waals surface area contributed by atoms with Gasteiger partial charge in [0.2, 0.25) is 5.79 Å². The minimum Gasteiger partial charge on any atom is -0.460 e. The first-order valence-electron chi connectivity index (χ1n) is 24.8. The molecule has 3 saturated heterocycles. The highest BCUT2D eigenvalue weighted by atomic mass is 31.2. The van der Waals surface area contributed by atoms with Gasteiger partial charge >= 0.3 is 5.97 Å². The van der Waals surface area contributed by atoms with Crippen LogP contribution in [-0.2, 0) is 56.7 Å². The van der Waals surface area contributed by atoms with E-state index in [4.69, 9.17) is 28.2 Å². The maximum Gasteiger partial charge on any atom is 0.329 e. The lowest BCUT2D eigenvalue weighted by atomic mass is 9.68. The zero-order chi connectivity index (χ0) is 50.2. The number of aliphatic hydroxyl groups is 2. The Morgan fingerprint density at radius 2 is 1.57 bits per heavy atom. The van der Waals surface area contributed by atoms with Crippen LogP contribution in [0.3, 0.4) is 0 Å². The number of fused-ring (bicyclic) bond motifs is 3. The Balaban J connectivity index is 1.51. The first-order chi connectivity index (χ1) is 32.0. The van der Waals surface area contributed by atoms with Crippen molar-refractivity contribution in [1.82, 2.24) is 4.90 Å². The molecule has 16 atom stereocenters. The fourth-order valence-electron chi connectivity index (χ4n) is 11.4. The quantitative estimate of drug-likeness (QED) is 0.115. The van der Waals surface area contributed by atoms with Gasteiger partial charge in [0.15, 0.2) is 13.2 Å². The van der Waals surface area contributed by atoms with Crippen LogP contribution in [0.5, 0.6) is 0 Å². The molecule has 0 radical (unpaired) electrons. The van der Waals surface area contributed by atoms with Crippen LogP contribution in [0.25, 0.3) is 0 Å². The minimum atomic E-state index is -2.82. The fraction of sp³-hybridized carbons (Fsp3) is 0.750. The van der Waals surface area contributed by atoms with E-state index >= 15 is 0 Å². The molecule has 16 heteroatoms. The van der Waals surface area contributed by atoms with E-state index in [0.717, 1.165) is 5.57 Å². The van der Waals surface area contributed by atoms with Gasteiger partial charge in [-0.3, -0.25) is 23.7 Å². The number of methoxy groups -OCH3 is 3. The summed E-state index contributed by atoms with van der Waals surface area (Å²) in [6.45, 7) is 14.0. The Kier molecular flexibility index (Phi) is 20.0. The molecule has 0 aromatic heterocycles. The predicted octanol–water partition coefficient (Wildman–Crippen LogP) is 6.96. The zero-order valence-corrected chi connectivity index (χ0v) is 43.2. The summed E-state index contributed by atoms with van der Waals surface area (Å²) in [5, 5.41) is 23.6. The molecule has 1 saturated carbocycles. The molecule has 382 valence electrons. The minimum absolute atomic E-state index is 0.0155. The first-order valence-corrected chi connectivity index (χ1v) is 27.3. The largest absolute Gasteiger partial charge is 0.460 e. The Labute approximate surface area is 404 Å². The van der Waals surface area contributed by atoms with Crippen LogP contribution in [0, 0.1) is 41.4 Å². The topological polar surface area (TPSA) is 201 Å². The number of carbonyl (C=O) groups excluding carboxylic acids is 5. The third-order valence-corrected chi connectivity index (χ3v) is 16.1. The third-order valence-electron chi connectivity index (χ3n) is 15.3. The van der Waals surface area contributed by atoms with Gasteiger partial charge in [-0.1, -0.05) is 64.2 Å². The molecule has 6 bridgehead atoms. The highest BCUT2D eigenvalue weighted by Crippen LogP contribution is 2.48. The van der Waals surface area contributed by atoms with E-state index in [2.05, 4.69) is 0 Å². The molecular weight excluding hydrogens is 894 g/mol. The van der Waals surface area contributed by atoms with Crippen molar-refractivity contribution in [3.05, 3.63) is 47.6 Å². The fourth-order valence-corrected chi connectivity index (χ4v) is 12.2. The van der Waals surface area contributed by atoms with E-state index in [1.54, 1.807) is 54.4 Å². The van der Waals surface area contributed by atoms with Gasteiger partial charge < -0.3 is 43.3 Å². The van der Waals surface area contributed by atoms with E-state index in [1.807, 2.05) is 51.2 Å². The summed E-state index contributed by atoms with van der Waals surface area (Å²) in [6, 6.07) is -1.15. The summed E-state index contributed by atoms with van der Waals surface area (Å²) in [5.41, 5.74) is 1.27. The third kappa shape index (κ3) is 13.6. The molecule has 5 aliphatic rings. The summed E-state index contributed by atoms with van der Waals surface area (Å²) in [7, 11) is 1.73. The first kappa shape index (κ1) is 55.8. The monoisotopic (exact) mass is 974 g/mol. The lowest BCUT2D eigenvalue weighted by Gasteiger charge is -2.50. The summed E-state index contributed by atoms with van der Waals surface area (Å²) in [5.74, 6) is -8.61. The van der Waals surface area contributed by atoms with Crippen molar-refractivity contribution >= 4 is 36.6 Å². The number of nitrogens with zero attached hydrogens (tertiary/aromatic N) is 1. The standard InChI is InChI=1S/C52H80NO14P/c1-30-16-13-12-14-17-31(2)42(62-7)28-37-21-19-35(6)52(60,66-37)49(57)50(58)53-23-15-18-38-39(26-36-20-22-41(44(27-36)63-8)67-68(10,11)61)43(65-51(59)45(38)53)29-40(54)32(3)25-34(5)47(56)48(64-9)46(55)33(4)24-30/h12-14,16-17,25,30,32-33,35-39,41-45,47-48,56,60H,15,18-24,26-29H2,1-11H3/b14-12+,16-13+,31-17?,34-25+/t30-,32-,33?,35?,36?,37?,38?,39+,41-,42?,43+,44?,45?,47?,48+,52?/m1/s1. The van der Waals surface area contributed by atoms with Crippen LogP contribution in [0.15, 0.2) is 47.6 Å². The van der Waals surface area contributed by atoms with E-state index < -0.39 is 97.0 Å². The van der Waals surface area contributed by atoms with E-state index in [-0.39, 0.29) is 48.6 Å². The zero-order valence-electron chi connectivity index (χ0n) is 42.3. The molecule has 1 aliphatic carbocycles. The van der Waals surface area contributed by atoms with Crippen LogP contribution >= 0.6 is 7.37 Å². The van der Waals surface area contributed by atoms with Crippen molar-refractivity contribution in [3.63, 3.8) is 0 Å². The van der Waals surface area contributed by atoms with Crippen LogP contribution in [-0.4, -0.2) is 140 Å². The highest BCUT2D eigenvalue weighted by molar-refractivity contribution is 7.57. The molecule has 10 unspecified atom stereocenters. The average Bonchev–Trinajstić information content (AvgIpc) is 3.29. The lowest BCUT2D eigenvalue weighted by molar-refractivity contribution is -0.266. The van der Waals surface area contributed by atoms with Gasteiger partial charge in [0.1, 0.15) is 30.1 Å². The second-order valence-corrected chi connectivity index (χ2v) is 23.6. The van der Waals surface area contributed by atoms with E-state index in [0.29, 0.717) is 69.8 Å². The smallest absolute Gasteiger partial charge is 0.329 e. The molecular formula is C52H80NO14P. The highest BCUT2D eigenvalue weighted by Gasteiger charge is 2.57. The van der Waals surface area contributed by atoms with Crippen molar-refractivity contribution in [3.8, 4) is 0 Å². The second-order valence-electron chi connectivity index (χ2n) is 20.8. The number of rotatable bonds is 7. The molecule has 4 aliphatic heterocycles. The second kappa shape index (κ2) is 24.3. The number of piperidine rings is 1. The number of amides is 1. The Bertz CT molecular complexity index is 1970. The summed E-state index contributed by atoms with van der Waals surface area (Å²) < 4.78 is 48.4. The summed E-state index contributed by atoms with van der Waals surface area (Å²) >= 11 is 0. The van der Waals surface area contributed by atoms with Gasteiger partial charge in [0.25, 0.3) is 11.7 Å². The van der Waals surface area contributed by atoms with Gasteiger partial charge in [0.05, 0.1) is 24.4 Å². The van der Waals surface area contributed by atoms with Crippen molar-refractivity contribution in [2.45, 2.75) is 167 Å². The van der Waals surface area contributed by atoms with Crippen molar-refractivity contribution < 1.29 is 67.0 Å².